The summed E-state index contributed by atoms with van der Waals surface area (Å²) >= 11 is 0. The van der Waals surface area contributed by atoms with Crippen LogP contribution in [-0.4, -0.2) is 14.7 Å². The van der Waals surface area contributed by atoms with E-state index < -0.39 is 5.60 Å². The van der Waals surface area contributed by atoms with E-state index >= 15 is 0 Å². The molecule has 0 amide bonds. The van der Waals surface area contributed by atoms with Crippen molar-refractivity contribution in [2.45, 2.75) is 19.4 Å². The van der Waals surface area contributed by atoms with Gasteiger partial charge in [0.2, 0.25) is 0 Å². The van der Waals surface area contributed by atoms with Gasteiger partial charge in [-0.2, -0.15) is 0 Å². The van der Waals surface area contributed by atoms with Gasteiger partial charge in [0.05, 0.1) is 11.0 Å². The monoisotopic (exact) mass is 190 g/mol. The first-order valence-electron chi connectivity index (χ1n) is 4.64. The lowest BCUT2D eigenvalue weighted by molar-refractivity contribution is 0.0663. The van der Waals surface area contributed by atoms with Crippen molar-refractivity contribution in [3.63, 3.8) is 0 Å². The number of aromatic nitrogens is 2. The van der Waals surface area contributed by atoms with Crippen LogP contribution in [0.1, 0.15) is 19.7 Å². The highest BCUT2D eigenvalue weighted by Gasteiger charge is 2.22. The lowest BCUT2D eigenvalue weighted by Crippen LogP contribution is -2.20. The summed E-state index contributed by atoms with van der Waals surface area (Å²) in [5, 5.41) is 9.89. The number of hydrogen-bond donors (Lipinski definition) is 1. The third-order valence-electron chi connectivity index (χ3n) is 2.33. The zero-order chi connectivity index (χ0) is 10.3. The van der Waals surface area contributed by atoms with E-state index in [1.54, 1.807) is 13.8 Å². The first-order valence-corrected chi connectivity index (χ1v) is 4.64. The predicted molar refractivity (Wildman–Crippen MR) is 56.0 cm³/mol. The summed E-state index contributed by atoms with van der Waals surface area (Å²) in [6, 6.07) is 7.86. The molecule has 14 heavy (non-hydrogen) atoms. The number of imidazole rings is 1. The highest BCUT2D eigenvalue weighted by molar-refractivity contribution is 5.75. The van der Waals surface area contributed by atoms with Crippen LogP contribution in [0, 0.1) is 0 Å². The summed E-state index contributed by atoms with van der Waals surface area (Å²) < 4.78 is 1.93. The first kappa shape index (κ1) is 9.21. The van der Waals surface area contributed by atoms with Gasteiger partial charge in [-0.3, -0.25) is 0 Å². The Balaban J connectivity index is 2.75. The second kappa shape index (κ2) is 2.82. The van der Waals surface area contributed by atoms with Gasteiger partial charge in [-0.1, -0.05) is 12.1 Å². The fraction of sp³-hybridized carbons (Fsp3) is 0.364. The number of benzene rings is 1. The minimum absolute atomic E-state index is 0.693. The van der Waals surface area contributed by atoms with Crippen LogP contribution in [0.5, 0.6) is 0 Å². The van der Waals surface area contributed by atoms with Crippen LogP contribution in [0.25, 0.3) is 11.0 Å². The number of rotatable bonds is 1. The number of nitrogens with zero attached hydrogens (tertiary/aromatic N) is 2. The Morgan fingerprint density at radius 3 is 2.50 bits per heavy atom. The molecule has 2 rings (SSSR count). The zero-order valence-corrected chi connectivity index (χ0v) is 8.65. The second-order valence-electron chi connectivity index (χ2n) is 4.04. The van der Waals surface area contributed by atoms with Crippen LogP contribution in [-0.2, 0) is 12.6 Å². The highest BCUT2D eigenvalue weighted by atomic mass is 16.3. The van der Waals surface area contributed by atoms with Crippen molar-refractivity contribution in [2.24, 2.45) is 7.05 Å². The van der Waals surface area contributed by atoms with Crippen molar-refractivity contribution in [1.82, 2.24) is 9.55 Å². The van der Waals surface area contributed by atoms with Crippen molar-refractivity contribution < 1.29 is 5.11 Å². The first-order chi connectivity index (χ1) is 6.50. The summed E-state index contributed by atoms with van der Waals surface area (Å²) in [5.41, 5.74) is 1.07. The fourth-order valence-electron chi connectivity index (χ4n) is 1.69. The van der Waals surface area contributed by atoms with E-state index in [0.717, 1.165) is 11.0 Å². The molecule has 0 aliphatic rings. The minimum atomic E-state index is -0.895. The van der Waals surface area contributed by atoms with Crippen LogP contribution in [0.3, 0.4) is 0 Å². The van der Waals surface area contributed by atoms with Crippen molar-refractivity contribution in [2.75, 3.05) is 0 Å². The Labute approximate surface area is 83.0 Å². The van der Waals surface area contributed by atoms with Crippen LogP contribution in [0.2, 0.25) is 0 Å². The number of fused-ring (bicyclic) bond motifs is 1. The SMILES string of the molecule is Cn1c(C(C)(C)O)nc2ccccc21. The lowest BCUT2D eigenvalue weighted by Gasteiger charge is -2.16. The molecule has 74 valence electrons. The van der Waals surface area contributed by atoms with Gasteiger partial charge in [-0.15, -0.1) is 0 Å². The molecule has 1 aromatic heterocycles. The van der Waals surface area contributed by atoms with Gasteiger partial charge in [-0.05, 0) is 26.0 Å². The van der Waals surface area contributed by atoms with Crippen molar-refractivity contribution in [1.29, 1.82) is 0 Å². The van der Waals surface area contributed by atoms with Gasteiger partial charge in [0, 0.05) is 7.05 Å². The molecule has 0 bridgehead atoms. The van der Waals surface area contributed by atoms with Crippen LogP contribution in [0.4, 0.5) is 0 Å². The molecule has 3 heteroatoms. The molecule has 0 fully saturated rings. The summed E-state index contributed by atoms with van der Waals surface area (Å²) in [7, 11) is 1.92. The number of para-hydroxylation sites is 2. The third kappa shape index (κ3) is 1.30. The topological polar surface area (TPSA) is 38.0 Å². The smallest absolute Gasteiger partial charge is 0.141 e. The Kier molecular flexibility index (Phi) is 1.86. The summed E-state index contributed by atoms with van der Waals surface area (Å²) in [4.78, 5) is 4.40. The van der Waals surface area contributed by atoms with E-state index in [-0.39, 0.29) is 0 Å². The Morgan fingerprint density at radius 1 is 1.29 bits per heavy atom. The standard InChI is InChI=1S/C11H14N2O/c1-11(2,14)10-12-8-6-4-5-7-9(8)13(10)3/h4-7,14H,1-3H3. The maximum absolute atomic E-state index is 9.89. The Hall–Kier alpha value is -1.35. The van der Waals surface area contributed by atoms with E-state index in [0.29, 0.717) is 5.82 Å². The Bertz CT molecular complexity index is 466. The fourth-order valence-corrected chi connectivity index (χ4v) is 1.69. The summed E-state index contributed by atoms with van der Waals surface area (Å²) in [5.74, 6) is 0.693. The summed E-state index contributed by atoms with van der Waals surface area (Å²) in [6.45, 7) is 3.49. The zero-order valence-electron chi connectivity index (χ0n) is 8.65. The molecule has 1 N–H and O–H groups in total. The van der Waals surface area contributed by atoms with Gasteiger partial charge in [0.25, 0.3) is 0 Å². The van der Waals surface area contributed by atoms with Crippen molar-refractivity contribution in [3.05, 3.63) is 30.1 Å². The van der Waals surface area contributed by atoms with E-state index in [4.69, 9.17) is 0 Å². The largest absolute Gasteiger partial charge is 0.383 e. The molecule has 2 aromatic rings. The van der Waals surface area contributed by atoms with Gasteiger partial charge in [-0.25, -0.2) is 4.98 Å². The van der Waals surface area contributed by atoms with Gasteiger partial charge < -0.3 is 9.67 Å². The molecule has 0 spiro atoms. The van der Waals surface area contributed by atoms with Gasteiger partial charge in [0.15, 0.2) is 0 Å². The third-order valence-corrected chi connectivity index (χ3v) is 2.33. The van der Waals surface area contributed by atoms with Crippen LogP contribution < -0.4 is 0 Å². The van der Waals surface area contributed by atoms with E-state index in [9.17, 15) is 5.11 Å². The normalized spacial score (nSPS) is 12.3. The van der Waals surface area contributed by atoms with Crippen molar-refractivity contribution in [3.8, 4) is 0 Å². The predicted octanol–water partition coefficient (Wildman–Crippen LogP) is 1.80. The molecule has 0 radical (unpaired) electrons. The van der Waals surface area contributed by atoms with E-state index in [1.807, 2.05) is 35.9 Å². The van der Waals surface area contributed by atoms with Gasteiger partial charge in [0.1, 0.15) is 11.4 Å². The van der Waals surface area contributed by atoms with Crippen LogP contribution in [0.15, 0.2) is 24.3 Å². The second-order valence-corrected chi connectivity index (χ2v) is 4.04. The highest BCUT2D eigenvalue weighted by Crippen LogP contribution is 2.22. The average Bonchev–Trinajstić information content (AvgIpc) is 2.44. The number of hydrogen-bond acceptors (Lipinski definition) is 2. The molecule has 1 heterocycles. The molecule has 0 aliphatic heterocycles. The van der Waals surface area contributed by atoms with E-state index in [1.165, 1.54) is 0 Å². The van der Waals surface area contributed by atoms with Crippen LogP contribution >= 0.6 is 0 Å². The maximum Gasteiger partial charge on any atom is 0.141 e. The molecule has 0 saturated heterocycles. The molecule has 3 nitrogen and oxygen atoms in total. The Morgan fingerprint density at radius 2 is 1.93 bits per heavy atom. The van der Waals surface area contributed by atoms with E-state index in [2.05, 4.69) is 4.98 Å². The number of aryl methyl sites for hydroxylation is 1. The molecule has 0 aliphatic carbocycles. The lowest BCUT2D eigenvalue weighted by atomic mass is 10.1. The molecule has 0 saturated carbocycles. The molecule has 0 unspecified atom stereocenters. The molecular formula is C11H14N2O. The maximum atomic E-state index is 9.89. The summed E-state index contributed by atoms with van der Waals surface area (Å²) in [6.07, 6.45) is 0. The molecule has 1 aromatic carbocycles. The quantitative estimate of drug-likeness (QED) is 0.744. The average molecular weight is 190 g/mol. The molecule has 0 atom stereocenters. The minimum Gasteiger partial charge on any atom is -0.383 e. The van der Waals surface area contributed by atoms with Gasteiger partial charge >= 0.3 is 0 Å². The number of aliphatic hydroxyl groups is 1. The van der Waals surface area contributed by atoms with Crippen molar-refractivity contribution >= 4 is 11.0 Å². The molecular weight excluding hydrogens is 176 g/mol.